The number of ether oxygens (including phenoxy) is 1. The Labute approximate surface area is 347 Å². The van der Waals surface area contributed by atoms with Crippen LogP contribution in [0.25, 0.3) is 43.7 Å². The first-order chi connectivity index (χ1) is 27.1. The molecule has 8 rings (SSSR count). The number of hydrogen-bond acceptors (Lipinski definition) is 2. The van der Waals surface area contributed by atoms with Gasteiger partial charge in [-0.2, -0.15) is 0 Å². The topological polar surface area (TPSA) is 28.3 Å². The molecule has 58 heavy (non-hydrogen) atoms. The van der Waals surface area contributed by atoms with Crippen molar-refractivity contribution < 1.29 is 4.74 Å². The molecule has 0 bridgehead atoms. The lowest BCUT2D eigenvalue weighted by Crippen LogP contribution is -2.23. The number of nitrogens with one attached hydrogen (secondary N) is 1. The maximum absolute atomic E-state index is 7.22. The summed E-state index contributed by atoms with van der Waals surface area (Å²) in [7, 11) is 0. The maximum atomic E-state index is 7.22. The molecule has 0 saturated carbocycles. The Morgan fingerprint density at radius 2 is 0.621 bits per heavy atom. The van der Waals surface area contributed by atoms with Crippen molar-refractivity contribution >= 4 is 49.6 Å². The second kappa shape index (κ2) is 13.0. The van der Waals surface area contributed by atoms with Crippen molar-refractivity contribution in [2.45, 2.75) is 145 Å². The molecule has 7 aromatic rings. The number of H-pyrrole nitrogens is 1. The molecule has 2 heterocycles. The van der Waals surface area contributed by atoms with Gasteiger partial charge in [-0.15, -0.1) is 0 Å². The second-order valence-corrected chi connectivity index (χ2v) is 18.4. The Kier molecular flexibility index (Phi) is 8.91. The number of benzene rings is 6. The van der Waals surface area contributed by atoms with E-state index < -0.39 is 0 Å². The van der Waals surface area contributed by atoms with Crippen LogP contribution in [0.4, 0.5) is 17.1 Å². The molecule has 0 aliphatic carbocycles. The van der Waals surface area contributed by atoms with E-state index in [1.165, 1.54) is 178 Å². The fourth-order valence-electron chi connectivity index (χ4n) is 11.0. The van der Waals surface area contributed by atoms with Gasteiger partial charge in [-0.3, -0.25) is 0 Å². The van der Waals surface area contributed by atoms with E-state index >= 15 is 0 Å². The first kappa shape index (κ1) is 39.8. The number of hydrogen-bond donors (Lipinski definition) is 1. The van der Waals surface area contributed by atoms with Gasteiger partial charge in [0, 0.05) is 21.9 Å². The van der Waals surface area contributed by atoms with Gasteiger partial charge >= 0.3 is 0 Å². The van der Waals surface area contributed by atoms with Gasteiger partial charge in [0.05, 0.1) is 22.6 Å². The summed E-state index contributed by atoms with van der Waals surface area (Å²) >= 11 is 0. The number of fused-ring (bicyclic) bond motifs is 6. The number of rotatable bonds is 2. The lowest BCUT2D eigenvalue weighted by atomic mass is 9.79. The lowest BCUT2D eigenvalue weighted by molar-refractivity contribution is 0.467. The molecule has 0 spiro atoms. The Morgan fingerprint density at radius 1 is 0.259 bits per heavy atom. The van der Waals surface area contributed by atoms with Crippen molar-refractivity contribution in [3.8, 4) is 22.6 Å². The van der Waals surface area contributed by atoms with Crippen LogP contribution in [0.2, 0.25) is 0 Å². The van der Waals surface area contributed by atoms with Crippen molar-refractivity contribution in [2.75, 3.05) is 4.90 Å². The third-order valence-electron chi connectivity index (χ3n) is 16.3. The Hall–Kier alpha value is -5.02. The predicted octanol–water partition coefficient (Wildman–Crippen LogP) is 16.2. The van der Waals surface area contributed by atoms with Gasteiger partial charge in [0.15, 0.2) is 11.5 Å². The second-order valence-electron chi connectivity index (χ2n) is 18.4. The molecule has 0 fully saturated rings. The van der Waals surface area contributed by atoms with Crippen LogP contribution >= 0.6 is 0 Å². The number of aromatic amines is 1. The van der Waals surface area contributed by atoms with E-state index in [0.717, 1.165) is 11.5 Å². The number of anilines is 3. The highest BCUT2D eigenvalue weighted by molar-refractivity contribution is 6.21. The molecule has 3 nitrogen and oxygen atoms in total. The highest BCUT2D eigenvalue weighted by Crippen LogP contribution is 2.60. The molecule has 1 aromatic heterocycles. The Bertz CT molecular complexity index is 3000. The monoisotopic (exact) mass is 769 g/mol. The maximum Gasteiger partial charge on any atom is 0.155 e. The van der Waals surface area contributed by atoms with Crippen LogP contribution in [-0.4, -0.2) is 4.98 Å². The molecule has 1 aliphatic rings. The Morgan fingerprint density at radius 3 is 1.10 bits per heavy atom. The van der Waals surface area contributed by atoms with Crippen LogP contribution in [0, 0.1) is 145 Å². The quantitative estimate of drug-likeness (QED) is 0.190. The minimum atomic E-state index is 0.976. The van der Waals surface area contributed by atoms with Crippen LogP contribution in [0.15, 0.2) is 0 Å². The zero-order valence-corrected chi connectivity index (χ0v) is 39.4. The largest absolute Gasteiger partial charge is 0.452 e. The molecule has 3 heteroatoms. The lowest BCUT2D eigenvalue weighted by Gasteiger charge is -2.41. The summed E-state index contributed by atoms with van der Waals surface area (Å²) in [6.07, 6.45) is 0. The fourth-order valence-corrected chi connectivity index (χ4v) is 11.0. The third kappa shape index (κ3) is 4.79. The first-order valence-corrected chi connectivity index (χ1v) is 21.3. The molecule has 1 N–H and O–H groups in total. The normalized spacial score (nSPS) is 12.7. The molecule has 0 amide bonds. The van der Waals surface area contributed by atoms with Crippen LogP contribution < -0.4 is 9.64 Å². The summed E-state index contributed by atoms with van der Waals surface area (Å²) in [6, 6.07) is 0. The summed E-state index contributed by atoms with van der Waals surface area (Å²) in [6.45, 7) is 48.6. The van der Waals surface area contributed by atoms with Crippen LogP contribution in [0.5, 0.6) is 11.5 Å². The number of nitrogens with zero attached hydrogens (tertiary/aromatic N) is 1. The highest BCUT2D eigenvalue weighted by atomic mass is 16.5. The van der Waals surface area contributed by atoms with E-state index in [1.54, 1.807) is 0 Å². The van der Waals surface area contributed by atoms with Gasteiger partial charge in [0.1, 0.15) is 0 Å². The van der Waals surface area contributed by atoms with Gasteiger partial charge in [-0.25, -0.2) is 0 Å². The molecular weight excluding hydrogens is 705 g/mol. The average Bonchev–Trinajstić information content (AvgIpc) is 3.60. The minimum absolute atomic E-state index is 0.976. The van der Waals surface area contributed by atoms with Crippen molar-refractivity contribution in [3.05, 3.63) is 117 Å². The van der Waals surface area contributed by atoms with Gasteiger partial charge in [-0.1, -0.05) is 0 Å². The molecule has 6 aromatic carbocycles. The van der Waals surface area contributed by atoms with E-state index in [1.807, 2.05) is 0 Å². The summed E-state index contributed by atoms with van der Waals surface area (Å²) in [5, 5.41) is 5.47. The fraction of sp³-hybridized carbons (Fsp3) is 0.382. The van der Waals surface area contributed by atoms with E-state index in [2.05, 4.69) is 155 Å². The van der Waals surface area contributed by atoms with Crippen molar-refractivity contribution in [3.63, 3.8) is 0 Å². The van der Waals surface area contributed by atoms with E-state index in [0.29, 0.717) is 0 Å². The standard InChI is InChI=1S/C55H64N2O/c1-22-23(2)32(11)44-43(31(22)10)41(20)51(57-52-37(16)26(5)28(7)39(18)54(52)58-55-40(19)29(8)27(6)38(17)53(55)57)42(21)45(44)46-34(13)30(9)35(14)48-47-33(12)24(3)25(4)36(15)49(47)56-50(46)48/h56H,1-21H3. The number of aryl methyl sites for hydroxylation is 6. The average molecular weight is 769 g/mol. The van der Waals surface area contributed by atoms with Crippen LogP contribution in [0.1, 0.15) is 117 Å². The Balaban J connectivity index is 1.69. The summed E-state index contributed by atoms with van der Waals surface area (Å²) < 4.78 is 7.22. The minimum Gasteiger partial charge on any atom is -0.452 e. The highest BCUT2D eigenvalue weighted by Gasteiger charge is 2.37. The summed E-state index contributed by atoms with van der Waals surface area (Å²) in [4.78, 5) is 6.80. The predicted molar refractivity (Wildman–Crippen MR) is 253 cm³/mol. The zero-order chi connectivity index (χ0) is 42.6. The first-order valence-electron chi connectivity index (χ1n) is 21.3. The molecule has 0 saturated heterocycles. The summed E-state index contributed by atoms with van der Waals surface area (Å²) in [5.74, 6) is 1.95. The van der Waals surface area contributed by atoms with Crippen molar-refractivity contribution in [2.24, 2.45) is 0 Å². The SMILES string of the molecule is Cc1c(C)c(C)c2c(c1C)Oc1c(C)c(C)c(C)c(C)c1N2c1c(C)c(-c2c(C)c(C)c(C)c3c2[nH]c2c(C)c(C)c(C)c(C)c23)c2c(C)c(C)c(C)c(C)c2c1C. The van der Waals surface area contributed by atoms with Gasteiger partial charge in [0.2, 0.25) is 0 Å². The van der Waals surface area contributed by atoms with Crippen LogP contribution in [-0.2, 0) is 0 Å². The van der Waals surface area contributed by atoms with Gasteiger partial charge < -0.3 is 14.6 Å². The summed E-state index contributed by atoms with van der Waals surface area (Å²) in [5.41, 5.74) is 36.6. The smallest absolute Gasteiger partial charge is 0.155 e. The number of aromatic nitrogens is 1. The van der Waals surface area contributed by atoms with Gasteiger partial charge in [-0.05, 0) is 279 Å². The third-order valence-corrected chi connectivity index (χ3v) is 16.3. The van der Waals surface area contributed by atoms with Gasteiger partial charge in [0.25, 0.3) is 0 Å². The van der Waals surface area contributed by atoms with E-state index in [9.17, 15) is 0 Å². The van der Waals surface area contributed by atoms with E-state index in [-0.39, 0.29) is 0 Å². The molecule has 0 radical (unpaired) electrons. The van der Waals surface area contributed by atoms with Crippen molar-refractivity contribution in [1.82, 2.24) is 4.98 Å². The molecular formula is C55H64N2O. The molecule has 0 atom stereocenters. The van der Waals surface area contributed by atoms with E-state index in [4.69, 9.17) is 4.74 Å². The molecule has 300 valence electrons. The molecule has 0 unspecified atom stereocenters. The van der Waals surface area contributed by atoms with Crippen LogP contribution in [0.3, 0.4) is 0 Å². The van der Waals surface area contributed by atoms with Crippen molar-refractivity contribution in [1.29, 1.82) is 0 Å². The zero-order valence-electron chi connectivity index (χ0n) is 39.4. The molecule has 1 aliphatic heterocycles.